The molecule has 0 aliphatic rings. The minimum Gasteiger partial charge on any atom is -0.494 e. The Bertz CT molecular complexity index is 358. The molecule has 0 saturated heterocycles. The van der Waals surface area contributed by atoms with Gasteiger partial charge < -0.3 is 13.6 Å². The van der Waals surface area contributed by atoms with Gasteiger partial charge in [-0.05, 0) is 36.7 Å². The number of rotatable bonds is 8. The maximum atomic E-state index is 5.67. The topological polar surface area (TPSA) is 27.7 Å². The lowest BCUT2D eigenvalue weighted by atomic mass is 10.2. The van der Waals surface area contributed by atoms with E-state index in [-0.39, 0.29) is 0 Å². The van der Waals surface area contributed by atoms with Gasteiger partial charge in [-0.25, -0.2) is 0 Å². The standard InChI is InChI=1S/C14H22O3Si/c1-5-13-7-9-14(10-8-13)17-11-6-12-18(4,15-2)16-3/h5,7-10H,1,6,11-12H2,2-4H3. The monoisotopic (exact) mass is 266 g/mol. The Morgan fingerprint density at radius 2 is 1.78 bits per heavy atom. The quantitative estimate of drug-likeness (QED) is 0.533. The van der Waals surface area contributed by atoms with Crippen LogP contribution in [-0.2, 0) is 8.85 Å². The van der Waals surface area contributed by atoms with Crippen LogP contribution in [0.25, 0.3) is 6.08 Å². The zero-order valence-corrected chi connectivity index (χ0v) is 12.4. The molecule has 0 saturated carbocycles. The zero-order valence-electron chi connectivity index (χ0n) is 11.4. The molecular weight excluding hydrogens is 244 g/mol. The van der Waals surface area contributed by atoms with E-state index in [1.165, 1.54) is 0 Å². The predicted octanol–water partition coefficient (Wildman–Crippen LogP) is 3.46. The third-order valence-corrected chi connectivity index (χ3v) is 6.01. The number of benzene rings is 1. The van der Waals surface area contributed by atoms with Crippen LogP contribution >= 0.6 is 0 Å². The van der Waals surface area contributed by atoms with Crippen molar-refractivity contribution >= 4 is 14.6 Å². The van der Waals surface area contributed by atoms with Gasteiger partial charge in [-0.1, -0.05) is 24.8 Å². The molecule has 0 N–H and O–H groups in total. The third kappa shape index (κ3) is 4.64. The molecule has 4 heteroatoms. The van der Waals surface area contributed by atoms with Crippen molar-refractivity contribution in [3.05, 3.63) is 36.4 Å². The van der Waals surface area contributed by atoms with Crippen LogP contribution in [0.5, 0.6) is 5.75 Å². The summed E-state index contributed by atoms with van der Waals surface area (Å²) in [4.78, 5) is 0. The van der Waals surface area contributed by atoms with Gasteiger partial charge in [0, 0.05) is 14.2 Å². The number of hydrogen-bond donors (Lipinski definition) is 0. The first-order valence-corrected chi connectivity index (χ1v) is 8.61. The van der Waals surface area contributed by atoms with Gasteiger partial charge in [-0.15, -0.1) is 0 Å². The summed E-state index contributed by atoms with van der Waals surface area (Å²) in [5.74, 6) is 0.888. The molecule has 0 aliphatic carbocycles. The van der Waals surface area contributed by atoms with Crippen molar-refractivity contribution in [2.75, 3.05) is 20.8 Å². The molecule has 0 amide bonds. The summed E-state index contributed by atoms with van der Waals surface area (Å²) in [5.41, 5.74) is 1.10. The first kappa shape index (κ1) is 15.0. The second kappa shape index (κ2) is 7.36. The van der Waals surface area contributed by atoms with E-state index in [1.807, 2.05) is 30.3 Å². The molecule has 0 aliphatic heterocycles. The van der Waals surface area contributed by atoms with Crippen molar-refractivity contribution in [2.45, 2.75) is 19.0 Å². The Labute approximate surface area is 111 Å². The predicted molar refractivity (Wildman–Crippen MR) is 77.1 cm³/mol. The largest absolute Gasteiger partial charge is 0.494 e. The second-order valence-corrected chi connectivity index (χ2v) is 7.85. The van der Waals surface area contributed by atoms with E-state index in [2.05, 4.69) is 13.1 Å². The molecule has 3 nitrogen and oxygen atoms in total. The van der Waals surface area contributed by atoms with Gasteiger partial charge in [0.1, 0.15) is 5.75 Å². The Morgan fingerprint density at radius 1 is 1.17 bits per heavy atom. The molecule has 1 rings (SSSR count). The van der Waals surface area contributed by atoms with E-state index in [9.17, 15) is 0 Å². The van der Waals surface area contributed by atoms with E-state index in [4.69, 9.17) is 13.6 Å². The van der Waals surface area contributed by atoms with Crippen molar-refractivity contribution in [2.24, 2.45) is 0 Å². The lowest BCUT2D eigenvalue weighted by Crippen LogP contribution is -2.36. The highest BCUT2D eigenvalue weighted by molar-refractivity contribution is 6.65. The first-order valence-electron chi connectivity index (χ1n) is 6.09. The van der Waals surface area contributed by atoms with Crippen LogP contribution < -0.4 is 4.74 Å². The molecule has 0 fully saturated rings. The summed E-state index contributed by atoms with van der Waals surface area (Å²) in [6.07, 6.45) is 2.76. The van der Waals surface area contributed by atoms with Crippen molar-refractivity contribution < 1.29 is 13.6 Å². The van der Waals surface area contributed by atoms with E-state index >= 15 is 0 Å². The second-order valence-electron chi connectivity index (χ2n) is 4.27. The fourth-order valence-corrected chi connectivity index (χ4v) is 2.93. The van der Waals surface area contributed by atoms with Crippen LogP contribution in [0.15, 0.2) is 30.8 Å². The van der Waals surface area contributed by atoms with Gasteiger partial charge in [0.2, 0.25) is 0 Å². The summed E-state index contributed by atoms with van der Waals surface area (Å²) in [5, 5.41) is 0. The van der Waals surface area contributed by atoms with Gasteiger partial charge in [-0.2, -0.15) is 0 Å². The average molecular weight is 266 g/mol. The van der Waals surface area contributed by atoms with Crippen LogP contribution in [0, 0.1) is 0 Å². The van der Waals surface area contributed by atoms with Crippen molar-refractivity contribution in [3.63, 3.8) is 0 Å². The minimum absolute atomic E-state index is 0.683. The number of ether oxygens (including phenoxy) is 1. The normalized spacial score (nSPS) is 11.3. The highest BCUT2D eigenvalue weighted by atomic mass is 28.4. The molecule has 1 aromatic rings. The first-order chi connectivity index (χ1) is 8.63. The summed E-state index contributed by atoms with van der Waals surface area (Å²) in [6, 6.07) is 8.84. The molecular formula is C14H22O3Si. The van der Waals surface area contributed by atoms with Gasteiger partial charge in [0.05, 0.1) is 6.61 Å². The highest BCUT2D eigenvalue weighted by Crippen LogP contribution is 2.16. The highest BCUT2D eigenvalue weighted by Gasteiger charge is 2.27. The van der Waals surface area contributed by atoms with Crippen molar-refractivity contribution in [1.29, 1.82) is 0 Å². The smallest absolute Gasteiger partial charge is 0.334 e. The molecule has 0 heterocycles. The summed E-state index contributed by atoms with van der Waals surface area (Å²) < 4.78 is 16.5. The van der Waals surface area contributed by atoms with Crippen LogP contribution in [-0.4, -0.2) is 29.4 Å². The summed E-state index contributed by atoms with van der Waals surface area (Å²) in [7, 11) is 1.48. The SMILES string of the molecule is C=Cc1ccc(OCCC[Si](C)(OC)OC)cc1. The maximum absolute atomic E-state index is 5.67. The van der Waals surface area contributed by atoms with Crippen LogP contribution in [0.2, 0.25) is 12.6 Å². The molecule has 0 spiro atoms. The van der Waals surface area contributed by atoms with E-state index in [0.717, 1.165) is 23.8 Å². The number of hydrogen-bond acceptors (Lipinski definition) is 3. The zero-order chi connectivity index (χ0) is 13.4. The maximum Gasteiger partial charge on any atom is 0.334 e. The molecule has 0 unspecified atom stereocenters. The Hall–Kier alpha value is -1.10. The minimum atomic E-state index is -1.94. The lowest BCUT2D eigenvalue weighted by Gasteiger charge is -2.22. The van der Waals surface area contributed by atoms with Gasteiger partial charge >= 0.3 is 8.56 Å². The van der Waals surface area contributed by atoms with Crippen LogP contribution in [0.1, 0.15) is 12.0 Å². The average Bonchev–Trinajstić information content (AvgIpc) is 2.44. The summed E-state index contributed by atoms with van der Waals surface area (Å²) >= 11 is 0. The third-order valence-electron chi connectivity index (χ3n) is 3.02. The van der Waals surface area contributed by atoms with Crippen LogP contribution in [0.4, 0.5) is 0 Å². The molecule has 1 aromatic carbocycles. The Balaban J connectivity index is 2.31. The molecule has 0 atom stereocenters. The van der Waals surface area contributed by atoms with E-state index in [1.54, 1.807) is 14.2 Å². The molecule has 0 radical (unpaired) electrons. The van der Waals surface area contributed by atoms with Gasteiger partial charge in [-0.3, -0.25) is 0 Å². The fraction of sp³-hybridized carbons (Fsp3) is 0.429. The van der Waals surface area contributed by atoms with Gasteiger partial charge in [0.25, 0.3) is 0 Å². The Kier molecular flexibility index (Phi) is 6.11. The van der Waals surface area contributed by atoms with E-state index < -0.39 is 8.56 Å². The van der Waals surface area contributed by atoms with E-state index in [0.29, 0.717) is 6.61 Å². The molecule has 0 aromatic heterocycles. The van der Waals surface area contributed by atoms with Crippen molar-refractivity contribution in [1.82, 2.24) is 0 Å². The van der Waals surface area contributed by atoms with Crippen LogP contribution in [0.3, 0.4) is 0 Å². The van der Waals surface area contributed by atoms with Gasteiger partial charge in [0.15, 0.2) is 0 Å². The summed E-state index contributed by atoms with van der Waals surface area (Å²) in [6.45, 7) is 6.46. The molecule has 18 heavy (non-hydrogen) atoms. The molecule has 0 bridgehead atoms. The lowest BCUT2D eigenvalue weighted by molar-refractivity contribution is 0.241. The van der Waals surface area contributed by atoms with Crippen molar-refractivity contribution in [3.8, 4) is 5.75 Å². The fourth-order valence-electron chi connectivity index (χ4n) is 1.57. The Morgan fingerprint density at radius 3 is 2.28 bits per heavy atom. The molecule has 100 valence electrons.